The van der Waals surface area contributed by atoms with Crippen LogP contribution < -0.4 is 10.1 Å². The quantitative estimate of drug-likeness (QED) is 0.883. The van der Waals surface area contributed by atoms with Crippen molar-refractivity contribution in [1.82, 2.24) is 4.98 Å². The summed E-state index contributed by atoms with van der Waals surface area (Å²) in [4.78, 5) is 4.32. The van der Waals surface area contributed by atoms with Gasteiger partial charge in [0, 0.05) is 12.6 Å². The number of ether oxygens (including phenoxy) is 1. The van der Waals surface area contributed by atoms with Crippen LogP contribution in [0.5, 0.6) is 5.75 Å². The fraction of sp³-hybridized carbons (Fsp3) is 0.308. The number of methoxy groups -OCH3 is 1. The van der Waals surface area contributed by atoms with Gasteiger partial charge >= 0.3 is 0 Å². The number of benzene rings is 1. The van der Waals surface area contributed by atoms with Gasteiger partial charge in [0.15, 0.2) is 0 Å². The number of nitrogens with zero attached hydrogens (tertiary/aromatic N) is 1. The zero-order valence-corrected chi connectivity index (χ0v) is 10.5. The van der Waals surface area contributed by atoms with Crippen molar-refractivity contribution >= 4 is 6.01 Å². The van der Waals surface area contributed by atoms with E-state index in [0.29, 0.717) is 6.01 Å². The maximum Gasteiger partial charge on any atom is 0.294 e. The zero-order chi connectivity index (χ0) is 12.4. The Morgan fingerprint density at radius 1 is 1.24 bits per heavy atom. The van der Waals surface area contributed by atoms with Crippen LogP contribution in [0.1, 0.15) is 11.1 Å². The summed E-state index contributed by atoms with van der Waals surface area (Å²) in [6.45, 7) is 4.13. The number of rotatable bonds is 3. The van der Waals surface area contributed by atoms with Crippen molar-refractivity contribution < 1.29 is 9.15 Å². The lowest BCUT2D eigenvalue weighted by Gasteiger charge is -2.09. The van der Waals surface area contributed by atoms with E-state index >= 15 is 0 Å². The van der Waals surface area contributed by atoms with E-state index in [4.69, 9.17) is 9.15 Å². The second-order valence-corrected chi connectivity index (χ2v) is 3.92. The van der Waals surface area contributed by atoms with E-state index in [2.05, 4.69) is 30.2 Å². The van der Waals surface area contributed by atoms with E-state index in [-0.39, 0.29) is 0 Å². The minimum atomic E-state index is 0.500. The lowest BCUT2D eigenvalue weighted by atomic mass is 10.0. The van der Waals surface area contributed by atoms with Gasteiger partial charge in [0.25, 0.3) is 6.01 Å². The molecule has 90 valence electrons. The van der Waals surface area contributed by atoms with Crippen LogP contribution >= 0.6 is 0 Å². The highest BCUT2D eigenvalue weighted by molar-refractivity contribution is 5.69. The normalized spacial score (nSPS) is 10.4. The second-order valence-electron chi connectivity index (χ2n) is 3.92. The molecule has 0 radical (unpaired) electrons. The molecule has 17 heavy (non-hydrogen) atoms. The highest BCUT2D eigenvalue weighted by Gasteiger charge is 2.12. The molecule has 4 heteroatoms. The van der Waals surface area contributed by atoms with E-state index in [1.807, 2.05) is 6.07 Å². The van der Waals surface area contributed by atoms with Crippen LogP contribution in [0.25, 0.3) is 11.3 Å². The Bertz CT molecular complexity index is 532. The monoisotopic (exact) mass is 232 g/mol. The minimum Gasteiger partial charge on any atom is -0.496 e. The summed E-state index contributed by atoms with van der Waals surface area (Å²) in [6, 6.07) is 4.57. The largest absolute Gasteiger partial charge is 0.496 e. The molecule has 0 aliphatic rings. The smallest absolute Gasteiger partial charge is 0.294 e. The van der Waals surface area contributed by atoms with E-state index in [9.17, 15) is 0 Å². The van der Waals surface area contributed by atoms with Gasteiger partial charge in [0.1, 0.15) is 17.7 Å². The first-order chi connectivity index (χ1) is 8.15. The van der Waals surface area contributed by atoms with E-state index in [1.165, 1.54) is 11.1 Å². The Balaban J connectivity index is 2.53. The fourth-order valence-corrected chi connectivity index (χ4v) is 1.67. The first-order valence-electron chi connectivity index (χ1n) is 5.44. The Hall–Kier alpha value is -1.97. The summed E-state index contributed by atoms with van der Waals surface area (Å²) in [5, 5.41) is 2.86. The lowest BCUT2D eigenvalue weighted by Crippen LogP contribution is -1.92. The van der Waals surface area contributed by atoms with Crippen molar-refractivity contribution in [3.05, 3.63) is 29.5 Å². The Labute approximate surface area is 101 Å². The molecule has 0 atom stereocenters. The van der Waals surface area contributed by atoms with Gasteiger partial charge in [-0.2, -0.15) is 4.98 Å². The summed E-state index contributed by atoms with van der Waals surface area (Å²) in [5.41, 5.74) is 4.12. The predicted octanol–water partition coefficient (Wildman–Crippen LogP) is 3.01. The zero-order valence-electron chi connectivity index (χ0n) is 10.5. The standard InChI is InChI=1S/C13H16N2O2/c1-8-5-10(12(16-4)6-9(8)2)11-7-17-13(14-3)15-11/h5-7H,1-4H3,(H,14,15). The maximum absolute atomic E-state index is 5.38. The number of oxazole rings is 1. The molecular weight excluding hydrogens is 216 g/mol. The summed E-state index contributed by atoms with van der Waals surface area (Å²) in [7, 11) is 3.43. The SMILES string of the molecule is CNc1nc(-c2cc(C)c(C)cc2OC)co1. The van der Waals surface area contributed by atoms with E-state index in [0.717, 1.165) is 17.0 Å². The van der Waals surface area contributed by atoms with Gasteiger partial charge in [-0.1, -0.05) is 0 Å². The highest BCUT2D eigenvalue weighted by Crippen LogP contribution is 2.32. The van der Waals surface area contributed by atoms with Crippen LogP contribution in [-0.2, 0) is 0 Å². The van der Waals surface area contributed by atoms with Crippen molar-refractivity contribution in [1.29, 1.82) is 0 Å². The van der Waals surface area contributed by atoms with Crippen LogP contribution in [0.2, 0.25) is 0 Å². The van der Waals surface area contributed by atoms with Crippen molar-refractivity contribution in [2.75, 3.05) is 19.5 Å². The second kappa shape index (κ2) is 4.49. The summed E-state index contributed by atoms with van der Waals surface area (Å²) >= 11 is 0. The molecular formula is C13H16N2O2. The van der Waals surface area contributed by atoms with Crippen molar-refractivity contribution in [3.63, 3.8) is 0 Å². The summed E-state index contributed by atoms with van der Waals surface area (Å²) in [6.07, 6.45) is 1.62. The molecule has 1 N–H and O–H groups in total. The van der Waals surface area contributed by atoms with Gasteiger partial charge in [-0.05, 0) is 37.1 Å². The average Bonchev–Trinajstić information content (AvgIpc) is 2.80. The van der Waals surface area contributed by atoms with Crippen LogP contribution in [0.15, 0.2) is 22.8 Å². The molecule has 0 bridgehead atoms. The van der Waals surface area contributed by atoms with E-state index in [1.54, 1.807) is 20.4 Å². The third kappa shape index (κ3) is 2.11. The summed E-state index contributed by atoms with van der Waals surface area (Å²) in [5.74, 6) is 0.809. The van der Waals surface area contributed by atoms with Crippen LogP contribution in [0.3, 0.4) is 0 Å². The highest BCUT2D eigenvalue weighted by atomic mass is 16.5. The molecule has 1 aromatic heterocycles. The fourth-order valence-electron chi connectivity index (χ4n) is 1.67. The molecule has 0 saturated carbocycles. The molecule has 0 aliphatic heterocycles. The molecule has 0 fully saturated rings. The molecule has 0 spiro atoms. The van der Waals surface area contributed by atoms with Gasteiger partial charge in [0.05, 0.1) is 7.11 Å². The molecule has 2 aromatic rings. The first-order valence-corrected chi connectivity index (χ1v) is 5.44. The average molecular weight is 232 g/mol. The number of aryl methyl sites for hydroxylation is 2. The molecule has 0 amide bonds. The van der Waals surface area contributed by atoms with E-state index < -0.39 is 0 Å². The van der Waals surface area contributed by atoms with Crippen LogP contribution in [0, 0.1) is 13.8 Å². The van der Waals surface area contributed by atoms with Crippen molar-refractivity contribution in [2.24, 2.45) is 0 Å². The van der Waals surface area contributed by atoms with Gasteiger partial charge in [-0.15, -0.1) is 0 Å². The van der Waals surface area contributed by atoms with Gasteiger partial charge < -0.3 is 14.5 Å². The van der Waals surface area contributed by atoms with Crippen LogP contribution in [0.4, 0.5) is 6.01 Å². The Kier molecular flexibility index (Phi) is 3.04. The molecule has 1 heterocycles. The van der Waals surface area contributed by atoms with Gasteiger partial charge in [-0.25, -0.2) is 0 Å². The maximum atomic E-state index is 5.38. The van der Waals surface area contributed by atoms with Crippen molar-refractivity contribution in [2.45, 2.75) is 13.8 Å². The minimum absolute atomic E-state index is 0.500. The van der Waals surface area contributed by atoms with Gasteiger partial charge in [-0.3, -0.25) is 0 Å². The number of hydrogen-bond donors (Lipinski definition) is 1. The van der Waals surface area contributed by atoms with Crippen molar-refractivity contribution in [3.8, 4) is 17.0 Å². The number of hydrogen-bond acceptors (Lipinski definition) is 4. The Morgan fingerprint density at radius 2 is 1.94 bits per heavy atom. The molecule has 0 aliphatic carbocycles. The topological polar surface area (TPSA) is 47.3 Å². The van der Waals surface area contributed by atoms with Gasteiger partial charge in [0.2, 0.25) is 0 Å². The predicted molar refractivity (Wildman–Crippen MR) is 67.5 cm³/mol. The molecule has 1 aromatic carbocycles. The third-order valence-corrected chi connectivity index (χ3v) is 2.81. The molecule has 0 unspecified atom stereocenters. The first kappa shape index (κ1) is 11.5. The number of aromatic nitrogens is 1. The molecule has 0 saturated heterocycles. The lowest BCUT2D eigenvalue weighted by molar-refractivity contribution is 0.416. The number of anilines is 1. The molecule has 4 nitrogen and oxygen atoms in total. The van der Waals surface area contributed by atoms with Crippen LogP contribution in [-0.4, -0.2) is 19.1 Å². The molecule has 2 rings (SSSR count). The summed E-state index contributed by atoms with van der Waals surface area (Å²) < 4.78 is 10.6. The Morgan fingerprint density at radius 3 is 2.53 bits per heavy atom. The number of nitrogens with one attached hydrogen (secondary N) is 1. The third-order valence-electron chi connectivity index (χ3n) is 2.81.